The van der Waals surface area contributed by atoms with E-state index in [9.17, 15) is 0 Å². The van der Waals surface area contributed by atoms with E-state index in [1.165, 1.54) is 96.3 Å². The van der Waals surface area contributed by atoms with Gasteiger partial charge >= 0.3 is 7.82 Å². The Bertz CT molecular complexity index is 342. The first-order valence-electron chi connectivity index (χ1n) is 11.5. The van der Waals surface area contributed by atoms with Crippen LogP contribution in [0.4, 0.5) is 0 Å². The van der Waals surface area contributed by atoms with Crippen LogP contribution in [-0.4, -0.2) is 50.8 Å². The number of phosphoric acid groups is 1. The van der Waals surface area contributed by atoms with Gasteiger partial charge in [0.05, 0.1) is 13.2 Å². The van der Waals surface area contributed by atoms with Gasteiger partial charge in [-0.15, -0.1) is 0 Å². The number of unbranched alkanes of at least 4 members (excludes halogenated alkanes) is 15. The van der Waals surface area contributed by atoms with Crippen molar-refractivity contribution in [3.05, 3.63) is 0 Å². The van der Waals surface area contributed by atoms with Crippen LogP contribution in [0.2, 0.25) is 0 Å². The summed E-state index contributed by atoms with van der Waals surface area (Å²) < 4.78 is 14.2. The standard InChI is InChI=1S/C21H44O3.H3O4P/c1-2-3-4-5-6-7-8-9-10-11-12-13-14-15-16-17-18-24-20-21(23)19-22;1-5(2,3)4/h21-23H,2-20H2,1H3;(H3,1,2,3,4)/t21-;/m0./s1. The molecule has 0 aromatic carbocycles. The van der Waals surface area contributed by atoms with E-state index in [1.54, 1.807) is 0 Å². The van der Waals surface area contributed by atoms with E-state index in [2.05, 4.69) is 6.92 Å². The summed E-state index contributed by atoms with van der Waals surface area (Å²) in [6.45, 7) is 3.03. The first kappa shape index (κ1) is 31.2. The molecule has 0 aliphatic carbocycles. The lowest BCUT2D eigenvalue weighted by Gasteiger charge is -2.08. The number of rotatable bonds is 20. The quantitative estimate of drug-likeness (QED) is 0.137. The van der Waals surface area contributed by atoms with Gasteiger partial charge in [-0.1, -0.05) is 103 Å². The minimum absolute atomic E-state index is 0.209. The van der Waals surface area contributed by atoms with Crippen LogP contribution >= 0.6 is 7.82 Å². The zero-order valence-corrected chi connectivity index (χ0v) is 19.4. The van der Waals surface area contributed by atoms with Gasteiger partial charge in [-0.25, -0.2) is 4.57 Å². The molecule has 0 unspecified atom stereocenters. The predicted molar refractivity (Wildman–Crippen MR) is 118 cm³/mol. The highest BCUT2D eigenvalue weighted by atomic mass is 31.2. The van der Waals surface area contributed by atoms with E-state index < -0.39 is 13.9 Å². The third kappa shape index (κ3) is 39.1. The number of hydrogen-bond donors (Lipinski definition) is 5. The first-order valence-corrected chi connectivity index (χ1v) is 13.0. The van der Waals surface area contributed by atoms with E-state index in [-0.39, 0.29) is 13.2 Å². The summed E-state index contributed by atoms with van der Waals surface area (Å²) in [4.78, 5) is 21.6. The maximum absolute atomic E-state index is 9.12. The first-order chi connectivity index (χ1) is 13.8. The van der Waals surface area contributed by atoms with Crippen molar-refractivity contribution in [1.82, 2.24) is 0 Å². The van der Waals surface area contributed by atoms with Crippen molar-refractivity contribution in [3.63, 3.8) is 0 Å². The lowest BCUT2D eigenvalue weighted by atomic mass is 10.0. The summed E-state index contributed by atoms with van der Waals surface area (Å²) in [5, 5.41) is 17.8. The van der Waals surface area contributed by atoms with Crippen molar-refractivity contribution in [2.24, 2.45) is 0 Å². The van der Waals surface area contributed by atoms with Gasteiger partial charge < -0.3 is 29.6 Å². The third-order valence-corrected chi connectivity index (χ3v) is 4.66. The molecule has 8 heteroatoms. The summed E-state index contributed by atoms with van der Waals surface area (Å²) >= 11 is 0. The maximum atomic E-state index is 9.12. The molecule has 0 amide bonds. The molecule has 0 aliphatic rings. The molecule has 0 aliphatic heterocycles. The minimum Gasteiger partial charge on any atom is -0.394 e. The molecule has 0 heterocycles. The molecule has 0 saturated heterocycles. The van der Waals surface area contributed by atoms with Crippen molar-refractivity contribution in [3.8, 4) is 0 Å². The summed E-state index contributed by atoms with van der Waals surface area (Å²) in [5.74, 6) is 0. The minimum atomic E-state index is -4.64. The summed E-state index contributed by atoms with van der Waals surface area (Å²) in [6.07, 6.45) is 21.2. The highest BCUT2D eigenvalue weighted by Gasteiger charge is 2.01. The van der Waals surface area contributed by atoms with E-state index >= 15 is 0 Å². The zero-order chi connectivity index (χ0) is 22.2. The number of hydrogen-bond acceptors (Lipinski definition) is 4. The number of aliphatic hydroxyl groups excluding tert-OH is 2. The molecular weight excluding hydrogens is 395 g/mol. The van der Waals surface area contributed by atoms with Gasteiger partial charge in [0, 0.05) is 6.61 Å². The Hall–Kier alpha value is -0.0100. The van der Waals surface area contributed by atoms with Crippen LogP contribution in [-0.2, 0) is 9.30 Å². The SMILES string of the molecule is CCCCCCCCCCCCCCCCCCOC[C@@H](O)CO.O=P(O)(O)O. The van der Waals surface area contributed by atoms with Crippen LogP contribution in [0, 0.1) is 0 Å². The maximum Gasteiger partial charge on any atom is 0.466 e. The fraction of sp³-hybridized carbons (Fsp3) is 1.00. The fourth-order valence-corrected chi connectivity index (χ4v) is 3.02. The molecule has 0 spiro atoms. The molecule has 7 nitrogen and oxygen atoms in total. The van der Waals surface area contributed by atoms with Gasteiger partial charge in [0.25, 0.3) is 0 Å². The average molecular weight is 443 g/mol. The third-order valence-electron chi connectivity index (χ3n) is 4.66. The Morgan fingerprint density at radius 2 is 1.00 bits per heavy atom. The highest BCUT2D eigenvalue weighted by Crippen LogP contribution is 2.25. The monoisotopic (exact) mass is 442 g/mol. The molecule has 0 saturated carbocycles. The van der Waals surface area contributed by atoms with Gasteiger partial charge in [0.2, 0.25) is 0 Å². The van der Waals surface area contributed by atoms with Crippen LogP contribution in [0.25, 0.3) is 0 Å². The van der Waals surface area contributed by atoms with Crippen LogP contribution < -0.4 is 0 Å². The Labute approximate surface area is 178 Å². The molecule has 0 aromatic rings. The Kier molecular flexibility index (Phi) is 26.1. The van der Waals surface area contributed by atoms with Crippen molar-refractivity contribution in [2.45, 2.75) is 116 Å². The number of aliphatic hydroxyl groups is 2. The Balaban J connectivity index is 0. The van der Waals surface area contributed by atoms with Gasteiger partial charge in [-0.2, -0.15) is 0 Å². The largest absolute Gasteiger partial charge is 0.466 e. The molecule has 0 bridgehead atoms. The van der Waals surface area contributed by atoms with Gasteiger partial charge in [0.15, 0.2) is 0 Å². The highest BCUT2D eigenvalue weighted by molar-refractivity contribution is 7.45. The van der Waals surface area contributed by atoms with Crippen molar-refractivity contribution < 1.29 is 34.2 Å². The molecule has 0 aromatic heterocycles. The second-order valence-electron chi connectivity index (χ2n) is 7.73. The van der Waals surface area contributed by atoms with Crippen molar-refractivity contribution in [1.29, 1.82) is 0 Å². The molecule has 0 rings (SSSR count). The average Bonchev–Trinajstić information content (AvgIpc) is 2.65. The van der Waals surface area contributed by atoms with Crippen LogP contribution in [0.15, 0.2) is 0 Å². The normalized spacial score (nSPS) is 12.5. The summed E-state index contributed by atoms with van der Waals surface area (Å²) in [5.41, 5.74) is 0. The Morgan fingerprint density at radius 1 is 0.690 bits per heavy atom. The molecule has 5 N–H and O–H groups in total. The van der Waals surface area contributed by atoms with Crippen LogP contribution in [0.3, 0.4) is 0 Å². The lowest BCUT2D eigenvalue weighted by molar-refractivity contribution is 0.00526. The van der Waals surface area contributed by atoms with Crippen LogP contribution in [0.1, 0.15) is 110 Å². The van der Waals surface area contributed by atoms with Gasteiger partial charge in [0.1, 0.15) is 6.10 Å². The molecule has 29 heavy (non-hydrogen) atoms. The van der Waals surface area contributed by atoms with Crippen molar-refractivity contribution in [2.75, 3.05) is 19.8 Å². The number of ether oxygens (including phenoxy) is 1. The second kappa shape index (κ2) is 24.3. The molecule has 178 valence electrons. The molecular formula is C21H47O7P. The predicted octanol–water partition coefficient (Wildman–Crippen LogP) is 4.69. The van der Waals surface area contributed by atoms with E-state index in [0.717, 1.165) is 6.42 Å². The van der Waals surface area contributed by atoms with E-state index in [4.69, 9.17) is 34.2 Å². The fourth-order valence-electron chi connectivity index (χ4n) is 3.02. The summed E-state index contributed by atoms with van der Waals surface area (Å²) in [6, 6.07) is 0. The van der Waals surface area contributed by atoms with Gasteiger partial charge in [-0.3, -0.25) is 0 Å². The molecule has 1 atom stereocenters. The topological polar surface area (TPSA) is 127 Å². The van der Waals surface area contributed by atoms with Crippen molar-refractivity contribution >= 4 is 7.82 Å². The molecule has 0 radical (unpaired) electrons. The second-order valence-corrected chi connectivity index (χ2v) is 8.75. The van der Waals surface area contributed by atoms with E-state index in [1.807, 2.05) is 0 Å². The lowest BCUT2D eigenvalue weighted by Crippen LogP contribution is -2.19. The summed E-state index contributed by atoms with van der Waals surface area (Å²) in [7, 11) is -4.64. The molecule has 0 fully saturated rings. The van der Waals surface area contributed by atoms with E-state index in [0.29, 0.717) is 6.61 Å². The van der Waals surface area contributed by atoms with Gasteiger partial charge in [-0.05, 0) is 6.42 Å². The smallest absolute Gasteiger partial charge is 0.394 e. The van der Waals surface area contributed by atoms with Crippen LogP contribution in [0.5, 0.6) is 0 Å². The Morgan fingerprint density at radius 3 is 1.31 bits per heavy atom. The zero-order valence-electron chi connectivity index (χ0n) is 18.5.